The number of carbonyl (C=O) groups excluding carboxylic acids is 1. The summed E-state index contributed by atoms with van der Waals surface area (Å²) in [7, 11) is 0. The van der Waals surface area contributed by atoms with E-state index in [1.54, 1.807) is 12.2 Å². The van der Waals surface area contributed by atoms with Crippen LogP contribution < -0.4 is 0 Å². The molecular formula is C6H8O2S. The maximum Gasteiger partial charge on any atom is 0.342 e. The van der Waals surface area contributed by atoms with Crippen molar-refractivity contribution >= 4 is 18.9 Å². The molecule has 0 saturated carbocycles. The minimum Gasteiger partial charge on any atom is -0.391 e. The molecule has 0 rings (SSSR count). The molecule has 0 aliphatic rings. The fraction of sp³-hybridized carbons (Fsp3) is 0.167. The van der Waals surface area contributed by atoms with Crippen molar-refractivity contribution in [3.05, 3.63) is 24.3 Å². The first-order valence-corrected chi connectivity index (χ1v) is 2.82. The quantitative estimate of drug-likeness (QED) is 0.275. The molecule has 0 atom stereocenters. The van der Waals surface area contributed by atoms with E-state index < -0.39 is 5.97 Å². The minimum absolute atomic E-state index is 0.462. The van der Waals surface area contributed by atoms with E-state index in [2.05, 4.69) is 17.1 Å². The summed E-state index contributed by atoms with van der Waals surface area (Å²) in [5.74, 6) is -0.462. The Hall–Kier alpha value is -0.700. The molecule has 0 spiro atoms. The van der Waals surface area contributed by atoms with Gasteiger partial charge in [0.2, 0.25) is 0 Å². The van der Waals surface area contributed by atoms with Crippen molar-refractivity contribution in [1.82, 2.24) is 0 Å². The summed E-state index contributed by atoms with van der Waals surface area (Å²) in [4.78, 5) is 10.3. The van der Waals surface area contributed by atoms with Gasteiger partial charge in [0.15, 0.2) is 0 Å². The normalized spacial score (nSPS) is 10.9. The van der Waals surface area contributed by atoms with Crippen LogP contribution in [0.15, 0.2) is 24.3 Å². The van der Waals surface area contributed by atoms with Gasteiger partial charge in [-0.2, -0.15) is 0 Å². The summed E-state index contributed by atoms with van der Waals surface area (Å²) in [6, 6.07) is 0. The van der Waals surface area contributed by atoms with Crippen LogP contribution in [-0.2, 0) is 8.98 Å². The Morgan fingerprint density at radius 1 is 1.56 bits per heavy atom. The average Bonchev–Trinajstić information content (AvgIpc) is 1.89. The molecular weight excluding hydrogens is 136 g/mol. The van der Waals surface area contributed by atoms with Crippen molar-refractivity contribution in [2.75, 3.05) is 0 Å². The van der Waals surface area contributed by atoms with Crippen LogP contribution in [-0.4, -0.2) is 5.97 Å². The molecule has 0 aliphatic heterocycles. The van der Waals surface area contributed by atoms with Gasteiger partial charge in [-0.25, -0.2) is 4.79 Å². The van der Waals surface area contributed by atoms with E-state index >= 15 is 0 Å². The van der Waals surface area contributed by atoms with Crippen LogP contribution >= 0.6 is 12.9 Å². The summed E-state index contributed by atoms with van der Waals surface area (Å²) in [5, 5.41) is 0. The molecule has 0 fully saturated rings. The van der Waals surface area contributed by atoms with Gasteiger partial charge in [-0.1, -0.05) is 18.2 Å². The zero-order valence-corrected chi connectivity index (χ0v) is 5.97. The van der Waals surface area contributed by atoms with Crippen molar-refractivity contribution in [1.29, 1.82) is 0 Å². The lowest BCUT2D eigenvalue weighted by Crippen LogP contribution is -1.87. The molecule has 0 heterocycles. The fourth-order valence-corrected chi connectivity index (χ4v) is 0.337. The third-order valence-corrected chi connectivity index (χ3v) is 0.806. The maximum atomic E-state index is 10.3. The van der Waals surface area contributed by atoms with E-state index in [9.17, 15) is 4.79 Å². The highest BCUT2D eigenvalue weighted by Gasteiger charge is 1.86. The van der Waals surface area contributed by atoms with Crippen molar-refractivity contribution in [2.24, 2.45) is 0 Å². The smallest absolute Gasteiger partial charge is 0.342 e. The summed E-state index contributed by atoms with van der Waals surface area (Å²) >= 11 is 3.29. The predicted molar refractivity (Wildman–Crippen MR) is 39.0 cm³/mol. The predicted octanol–water partition coefficient (Wildman–Crippen LogP) is 1.51. The minimum atomic E-state index is -0.462. The third-order valence-electron chi connectivity index (χ3n) is 0.626. The van der Waals surface area contributed by atoms with Crippen molar-refractivity contribution < 1.29 is 8.98 Å². The zero-order valence-electron chi connectivity index (χ0n) is 5.07. The largest absolute Gasteiger partial charge is 0.391 e. The summed E-state index contributed by atoms with van der Waals surface area (Å²) < 4.78 is 4.03. The van der Waals surface area contributed by atoms with Gasteiger partial charge in [-0.3, -0.25) is 0 Å². The second kappa shape index (κ2) is 5.44. The highest BCUT2D eigenvalue weighted by Crippen LogP contribution is 1.84. The van der Waals surface area contributed by atoms with Gasteiger partial charge in [0.05, 0.1) is 0 Å². The van der Waals surface area contributed by atoms with Gasteiger partial charge in [-0.05, 0) is 6.92 Å². The lowest BCUT2D eigenvalue weighted by Gasteiger charge is -1.82. The van der Waals surface area contributed by atoms with Crippen LogP contribution in [0, 0.1) is 0 Å². The molecule has 0 aromatic rings. The van der Waals surface area contributed by atoms with Crippen LogP contribution in [0.1, 0.15) is 6.92 Å². The van der Waals surface area contributed by atoms with Gasteiger partial charge < -0.3 is 4.18 Å². The molecule has 0 amide bonds. The van der Waals surface area contributed by atoms with Gasteiger partial charge in [0.25, 0.3) is 0 Å². The fourth-order valence-electron chi connectivity index (χ4n) is 0.276. The first-order valence-electron chi connectivity index (χ1n) is 2.46. The third kappa shape index (κ3) is 5.17. The van der Waals surface area contributed by atoms with E-state index in [0.717, 1.165) is 0 Å². The number of rotatable bonds is 2. The molecule has 0 unspecified atom stereocenters. The van der Waals surface area contributed by atoms with Crippen LogP contribution in [0.3, 0.4) is 0 Å². The highest BCUT2D eigenvalue weighted by molar-refractivity contribution is 7.75. The summed E-state index contributed by atoms with van der Waals surface area (Å²) in [5.41, 5.74) is 0. The molecule has 0 saturated heterocycles. The molecule has 2 nitrogen and oxygen atoms in total. The SMILES string of the molecule is C/C=C/C=C/C(=O)OS. The standard InChI is InChI=1S/C6H8O2S/c1-2-3-4-5-6(7)8-9/h2-5,9H,1H3/b3-2+,5-4+. The first-order chi connectivity index (χ1) is 4.31. The highest BCUT2D eigenvalue weighted by atomic mass is 32.1. The van der Waals surface area contributed by atoms with E-state index in [0.29, 0.717) is 0 Å². The molecule has 0 radical (unpaired) electrons. The Morgan fingerprint density at radius 2 is 2.22 bits per heavy atom. The topological polar surface area (TPSA) is 26.3 Å². The Labute approximate surface area is 59.8 Å². The van der Waals surface area contributed by atoms with E-state index in [1.165, 1.54) is 6.08 Å². The second-order valence-corrected chi connectivity index (χ2v) is 1.48. The van der Waals surface area contributed by atoms with E-state index in [1.807, 2.05) is 13.0 Å². The Morgan fingerprint density at radius 3 is 2.67 bits per heavy atom. The van der Waals surface area contributed by atoms with E-state index in [-0.39, 0.29) is 0 Å². The molecule has 0 aromatic heterocycles. The summed E-state index contributed by atoms with van der Waals surface area (Å²) in [6.45, 7) is 1.86. The molecule has 0 aliphatic carbocycles. The number of carbonyl (C=O) groups is 1. The monoisotopic (exact) mass is 144 g/mol. The Kier molecular flexibility index (Phi) is 5.01. The average molecular weight is 144 g/mol. The molecule has 0 N–H and O–H groups in total. The van der Waals surface area contributed by atoms with Crippen molar-refractivity contribution in [3.8, 4) is 0 Å². The summed E-state index contributed by atoms with van der Waals surface area (Å²) in [6.07, 6.45) is 6.40. The Balaban J connectivity index is 3.57. The number of hydrogen-bond donors (Lipinski definition) is 1. The molecule has 3 heteroatoms. The van der Waals surface area contributed by atoms with Gasteiger partial charge in [-0.15, -0.1) is 0 Å². The van der Waals surface area contributed by atoms with E-state index in [4.69, 9.17) is 0 Å². The zero-order chi connectivity index (χ0) is 7.11. The molecule has 0 aromatic carbocycles. The first kappa shape index (κ1) is 8.30. The molecule has 0 bridgehead atoms. The molecule has 50 valence electrons. The van der Waals surface area contributed by atoms with Crippen LogP contribution in [0.2, 0.25) is 0 Å². The number of allylic oxidation sites excluding steroid dienone is 3. The Bertz CT molecular complexity index is 138. The van der Waals surface area contributed by atoms with Crippen molar-refractivity contribution in [3.63, 3.8) is 0 Å². The lowest BCUT2D eigenvalue weighted by molar-refractivity contribution is -0.127. The molecule has 9 heavy (non-hydrogen) atoms. The van der Waals surface area contributed by atoms with Crippen LogP contribution in [0.25, 0.3) is 0 Å². The van der Waals surface area contributed by atoms with Gasteiger partial charge in [0, 0.05) is 19.0 Å². The second-order valence-electron chi connectivity index (χ2n) is 1.30. The number of hydrogen-bond acceptors (Lipinski definition) is 3. The van der Waals surface area contributed by atoms with Crippen LogP contribution in [0.5, 0.6) is 0 Å². The number of thiol groups is 1. The van der Waals surface area contributed by atoms with Crippen LogP contribution in [0.4, 0.5) is 0 Å². The van der Waals surface area contributed by atoms with Crippen molar-refractivity contribution in [2.45, 2.75) is 6.92 Å². The maximum absolute atomic E-state index is 10.3. The van der Waals surface area contributed by atoms with Gasteiger partial charge in [0.1, 0.15) is 0 Å². The lowest BCUT2D eigenvalue weighted by atomic mass is 10.4. The van der Waals surface area contributed by atoms with Gasteiger partial charge >= 0.3 is 5.97 Å².